The number of aromatic nitrogens is 3. The monoisotopic (exact) mass is 369 g/mol. The molecule has 0 amide bonds. The van der Waals surface area contributed by atoms with E-state index in [1.165, 1.54) is 15.9 Å². The minimum absolute atomic E-state index is 0.179. The molecular weight excluding hydrogens is 358 g/mol. The van der Waals surface area contributed by atoms with Crippen LogP contribution in [0, 0.1) is 0 Å². The van der Waals surface area contributed by atoms with Gasteiger partial charge in [-0.2, -0.15) is 9.50 Å². The smallest absolute Gasteiger partial charge is 0.291 e. The van der Waals surface area contributed by atoms with E-state index in [4.69, 9.17) is 16.3 Å². The van der Waals surface area contributed by atoms with Crippen LogP contribution in [0.4, 0.5) is 0 Å². The number of hydrogen-bond acceptors (Lipinski definition) is 5. The summed E-state index contributed by atoms with van der Waals surface area (Å²) in [5.41, 5.74) is 1.56. The second-order valence-electron chi connectivity index (χ2n) is 5.33. The number of nitrogens with zero attached hydrogens (tertiary/aromatic N) is 3. The molecule has 0 radical (unpaired) electrons. The lowest BCUT2D eigenvalue weighted by Crippen LogP contribution is -2.23. The predicted molar refractivity (Wildman–Crippen MR) is 99.4 cm³/mol. The van der Waals surface area contributed by atoms with Crippen molar-refractivity contribution in [1.29, 1.82) is 0 Å². The molecule has 2 aromatic carbocycles. The Kier molecular flexibility index (Phi) is 3.99. The topological polar surface area (TPSA) is 56.5 Å². The summed E-state index contributed by atoms with van der Waals surface area (Å²) in [7, 11) is 1.61. The standard InChI is InChI=1S/C18H12ClN3O2S/c1-24-14-8-4-12(5-9-14)16-20-18-22(21-16)17(23)15(25-18)10-11-2-6-13(19)7-3-11/h2-10H,1H3. The average Bonchev–Trinajstić information content (AvgIpc) is 3.17. The number of halogens is 1. The van der Waals surface area contributed by atoms with Crippen molar-refractivity contribution in [1.82, 2.24) is 14.6 Å². The summed E-state index contributed by atoms with van der Waals surface area (Å²) in [5.74, 6) is 1.28. The highest BCUT2D eigenvalue weighted by Crippen LogP contribution is 2.20. The second-order valence-corrected chi connectivity index (χ2v) is 6.77. The first kappa shape index (κ1) is 15.8. The van der Waals surface area contributed by atoms with Crippen LogP contribution in [0.1, 0.15) is 5.56 Å². The Balaban J connectivity index is 1.76. The van der Waals surface area contributed by atoms with Crippen molar-refractivity contribution < 1.29 is 4.74 Å². The van der Waals surface area contributed by atoms with Crippen LogP contribution < -0.4 is 14.8 Å². The van der Waals surface area contributed by atoms with Gasteiger partial charge < -0.3 is 4.74 Å². The highest BCUT2D eigenvalue weighted by molar-refractivity contribution is 7.15. The molecule has 0 atom stereocenters. The number of ether oxygens (including phenoxy) is 1. The molecule has 25 heavy (non-hydrogen) atoms. The Morgan fingerprint density at radius 2 is 1.84 bits per heavy atom. The summed E-state index contributed by atoms with van der Waals surface area (Å²) < 4.78 is 7.06. The van der Waals surface area contributed by atoms with E-state index in [9.17, 15) is 4.79 Å². The third-order valence-electron chi connectivity index (χ3n) is 3.70. The van der Waals surface area contributed by atoms with E-state index < -0.39 is 0 Å². The number of rotatable bonds is 3. The van der Waals surface area contributed by atoms with Crippen LogP contribution in [0.2, 0.25) is 5.02 Å². The third-order valence-corrected chi connectivity index (χ3v) is 4.91. The zero-order valence-electron chi connectivity index (χ0n) is 13.1. The first-order chi connectivity index (χ1) is 12.1. The lowest BCUT2D eigenvalue weighted by Gasteiger charge is -1.99. The fourth-order valence-electron chi connectivity index (χ4n) is 2.41. The van der Waals surface area contributed by atoms with Crippen LogP contribution in [-0.2, 0) is 0 Å². The molecule has 2 heterocycles. The van der Waals surface area contributed by atoms with E-state index >= 15 is 0 Å². The molecule has 0 fully saturated rings. The highest BCUT2D eigenvalue weighted by atomic mass is 35.5. The van der Waals surface area contributed by atoms with Gasteiger partial charge in [-0.1, -0.05) is 35.1 Å². The first-order valence-electron chi connectivity index (χ1n) is 7.45. The number of benzene rings is 2. The van der Waals surface area contributed by atoms with Gasteiger partial charge in [-0.25, -0.2) is 0 Å². The Hall–Kier alpha value is -2.70. The SMILES string of the molecule is COc1ccc(-c2nc3sc(=Cc4ccc(Cl)cc4)c(=O)n3n2)cc1. The fraction of sp³-hybridized carbons (Fsp3) is 0.0556. The third kappa shape index (κ3) is 3.01. The molecule has 0 saturated carbocycles. The summed E-state index contributed by atoms with van der Waals surface area (Å²) in [6.07, 6.45) is 1.81. The quantitative estimate of drug-likeness (QED) is 0.557. The summed E-state index contributed by atoms with van der Waals surface area (Å²) in [5, 5.41) is 4.99. The summed E-state index contributed by atoms with van der Waals surface area (Å²) in [6.45, 7) is 0. The molecule has 5 nitrogen and oxygen atoms in total. The van der Waals surface area contributed by atoms with Gasteiger partial charge in [-0.3, -0.25) is 4.79 Å². The van der Waals surface area contributed by atoms with Crippen molar-refractivity contribution in [3.8, 4) is 17.1 Å². The maximum Gasteiger partial charge on any atom is 0.291 e. The minimum Gasteiger partial charge on any atom is -0.497 e. The van der Waals surface area contributed by atoms with E-state index in [1.54, 1.807) is 19.2 Å². The maximum atomic E-state index is 12.5. The largest absolute Gasteiger partial charge is 0.497 e. The predicted octanol–water partition coefficient (Wildman–Crippen LogP) is 3.03. The van der Waals surface area contributed by atoms with Gasteiger partial charge in [0.05, 0.1) is 11.6 Å². The number of methoxy groups -OCH3 is 1. The van der Waals surface area contributed by atoms with Gasteiger partial charge >= 0.3 is 0 Å². The molecule has 2 aromatic heterocycles. The van der Waals surface area contributed by atoms with Gasteiger partial charge in [-0.15, -0.1) is 5.10 Å². The Labute approximate surface area is 151 Å². The zero-order chi connectivity index (χ0) is 17.4. The van der Waals surface area contributed by atoms with Crippen molar-refractivity contribution in [3.05, 3.63) is 74.0 Å². The highest BCUT2D eigenvalue weighted by Gasteiger charge is 2.12. The van der Waals surface area contributed by atoms with Crippen molar-refractivity contribution >= 4 is 34.0 Å². The van der Waals surface area contributed by atoms with Crippen LogP contribution in [0.3, 0.4) is 0 Å². The van der Waals surface area contributed by atoms with Crippen molar-refractivity contribution in [2.24, 2.45) is 0 Å². The molecule has 124 valence electrons. The van der Waals surface area contributed by atoms with Crippen molar-refractivity contribution in [2.45, 2.75) is 0 Å². The van der Waals surface area contributed by atoms with Crippen molar-refractivity contribution in [3.63, 3.8) is 0 Å². The number of thiazole rings is 1. The first-order valence-corrected chi connectivity index (χ1v) is 8.65. The van der Waals surface area contributed by atoms with Crippen LogP contribution in [-0.4, -0.2) is 21.7 Å². The number of fused-ring (bicyclic) bond motifs is 1. The normalized spacial score (nSPS) is 12.0. The zero-order valence-corrected chi connectivity index (χ0v) is 14.7. The Bertz CT molecular complexity index is 1150. The molecule has 0 saturated heterocycles. The molecule has 0 bridgehead atoms. The van der Waals surface area contributed by atoms with E-state index in [2.05, 4.69) is 10.1 Å². The molecule has 0 aliphatic heterocycles. The minimum atomic E-state index is -0.179. The van der Waals surface area contributed by atoms with E-state index in [0.717, 1.165) is 16.9 Å². The Morgan fingerprint density at radius 1 is 1.12 bits per heavy atom. The van der Waals surface area contributed by atoms with Gasteiger partial charge in [0.25, 0.3) is 5.56 Å². The second kappa shape index (κ2) is 6.31. The van der Waals surface area contributed by atoms with E-state index in [-0.39, 0.29) is 5.56 Å². The van der Waals surface area contributed by atoms with Crippen LogP contribution >= 0.6 is 22.9 Å². The summed E-state index contributed by atoms with van der Waals surface area (Å²) in [4.78, 5) is 17.6. The van der Waals surface area contributed by atoms with E-state index in [1.807, 2.05) is 42.5 Å². The van der Waals surface area contributed by atoms with E-state index in [0.29, 0.717) is 20.3 Å². The molecule has 0 spiro atoms. The molecule has 0 N–H and O–H groups in total. The number of hydrogen-bond donors (Lipinski definition) is 0. The van der Waals surface area contributed by atoms with Crippen LogP contribution in [0.5, 0.6) is 5.75 Å². The molecule has 7 heteroatoms. The van der Waals surface area contributed by atoms with Gasteiger partial charge in [0.15, 0.2) is 5.82 Å². The lowest BCUT2D eigenvalue weighted by atomic mass is 10.2. The molecular formula is C18H12ClN3O2S. The van der Waals surface area contributed by atoms with Gasteiger partial charge in [0.1, 0.15) is 5.75 Å². The van der Waals surface area contributed by atoms with Crippen LogP contribution in [0.15, 0.2) is 53.3 Å². The fourth-order valence-corrected chi connectivity index (χ4v) is 3.44. The van der Waals surface area contributed by atoms with Gasteiger partial charge in [0, 0.05) is 10.6 Å². The summed E-state index contributed by atoms with van der Waals surface area (Å²) in [6, 6.07) is 14.7. The Morgan fingerprint density at radius 3 is 2.48 bits per heavy atom. The van der Waals surface area contributed by atoms with Crippen molar-refractivity contribution in [2.75, 3.05) is 7.11 Å². The molecule has 0 unspecified atom stereocenters. The summed E-state index contributed by atoms with van der Waals surface area (Å²) >= 11 is 7.19. The molecule has 0 aliphatic rings. The molecule has 4 rings (SSSR count). The lowest BCUT2D eigenvalue weighted by molar-refractivity contribution is 0.415. The average molecular weight is 370 g/mol. The van der Waals surface area contributed by atoms with Crippen LogP contribution in [0.25, 0.3) is 22.4 Å². The van der Waals surface area contributed by atoms with Gasteiger partial charge in [0.2, 0.25) is 4.96 Å². The molecule has 0 aliphatic carbocycles. The van der Waals surface area contributed by atoms with Gasteiger partial charge in [-0.05, 0) is 48.0 Å². The maximum absolute atomic E-state index is 12.5. The molecule has 4 aromatic rings.